The zero-order chi connectivity index (χ0) is 14.8. The largest absolute Gasteiger partial charge is 0.496 e. The predicted octanol–water partition coefficient (Wildman–Crippen LogP) is 3.77. The van der Waals surface area contributed by atoms with Crippen LogP contribution < -0.4 is 10.1 Å². The van der Waals surface area contributed by atoms with Gasteiger partial charge in [-0.15, -0.1) is 5.10 Å². The Morgan fingerprint density at radius 1 is 1.33 bits per heavy atom. The van der Waals surface area contributed by atoms with E-state index in [0.29, 0.717) is 17.5 Å². The summed E-state index contributed by atoms with van der Waals surface area (Å²) in [5.74, 6) is 1.27. The molecule has 0 aliphatic rings. The summed E-state index contributed by atoms with van der Waals surface area (Å²) in [5, 5.41) is 8.16. The van der Waals surface area contributed by atoms with Gasteiger partial charge in [0.25, 0.3) is 0 Å². The molecule has 3 aromatic rings. The third-order valence-corrected chi connectivity index (χ3v) is 3.84. The molecule has 0 saturated heterocycles. The van der Waals surface area contributed by atoms with Gasteiger partial charge in [0.05, 0.1) is 7.11 Å². The molecule has 0 bridgehead atoms. The van der Waals surface area contributed by atoms with Gasteiger partial charge in [0.15, 0.2) is 5.65 Å². The Morgan fingerprint density at radius 3 is 3.00 bits per heavy atom. The molecule has 0 aliphatic carbocycles. The summed E-state index contributed by atoms with van der Waals surface area (Å²) in [6.07, 6.45) is 1.85. The summed E-state index contributed by atoms with van der Waals surface area (Å²) in [6.45, 7) is 0.487. The third-order valence-electron chi connectivity index (χ3n) is 3.01. The molecule has 2 aromatic heterocycles. The van der Waals surface area contributed by atoms with Gasteiger partial charge in [-0.1, -0.05) is 17.7 Å². The van der Waals surface area contributed by atoms with Crippen molar-refractivity contribution in [2.45, 2.75) is 6.54 Å². The molecule has 0 atom stereocenters. The second-order valence-electron chi connectivity index (χ2n) is 4.36. The molecular weight excluding hydrogens is 356 g/mol. The number of hydrogen-bond donors (Lipinski definition) is 1. The minimum atomic E-state index is 0.487. The van der Waals surface area contributed by atoms with Crippen LogP contribution in [0.3, 0.4) is 0 Å². The summed E-state index contributed by atoms with van der Waals surface area (Å²) in [4.78, 5) is 4.39. The lowest BCUT2D eigenvalue weighted by Crippen LogP contribution is -2.04. The average molecular weight is 368 g/mol. The fourth-order valence-corrected chi connectivity index (χ4v) is 2.56. The van der Waals surface area contributed by atoms with Crippen LogP contribution in [0.15, 0.2) is 41.0 Å². The second kappa shape index (κ2) is 5.91. The monoisotopic (exact) mass is 366 g/mol. The molecule has 0 saturated carbocycles. The minimum Gasteiger partial charge on any atom is -0.496 e. The molecular formula is C14H12BrClN4O. The number of nitrogens with one attached hydrogen (secondary N) is 1. The van der Waals surface area contributed by atoms with Crippen LogP contribution in [0.2, 0.25) is 5.02 Å². The van der Waals surface area contributed by atoms with E-state index in [1.807, 2.05) is 36.5 Å². The van der Waals surface area contributed by atoms with Crippen LogP contribution in [0.25, 0.3) is 5.65 Å². The molecule has 108 valence electrons. The third kappa shape index (κ3) is 2.96. The molecule has 0 amide bonds. The number of hydrogen-bond acceptors (Lipinski definition) is 4. The van der Waals surface area contributed by atoms with E-state index >= 15 is 0 Å². The molecule has 1 N–H and O–H groups in total. The highest BCUT2D eigenvalue weighted by Crippen LogP contribution is 2.26. The van der Waals surface area contributed by atoms with Gasteiger partial charge in [0, 0.05) is 27.8 Å². The molecule has 0 aliphatic heterocycles. The highest BCUT2D eigenvalue weighted by atomic mass is 79.9. The highest BCUT2D eigenvalue weighted by Gasteiger charge is 2.09. The van der Waals surface area contributed by atoms with Crippen molar-refractivity contribution in [2.75, 3.05) is 12.4 Å². The first-order valence-electron chi connectivity index (χ1n) is 6.24. The Kier molecular flexibility index (Phi) is 3.98. The van der Waals surface area contributed by atoms with Gasteiger partial charge in [-0.05, 0) is 40.2 Å². The van der Waals surface area contributed by atoms with E-state index in [9.17, 15) is 0 Å². The molecule has 21 heavy (non-hydrogen) atoms. The zero-order valence-corrected chi connectivity index (χ0v) is 13.5. The van der Waals surface area contributed by atoms with Gasteiger partial charge in [0.1, 0.15) is 5.75 Å². The molecule has 1 aromatic carbocycles. The number of benzene rings is 1. The number of ether oxygens (including phenoxy) is 1. The Morgan fingerprint density at radius 2 is 2.19 bits per heavy atom. The molecule has 0 unspecified atom stereocenters. The van der Waals surface area contributed by atoms with Crippen molar-refractivity contribution in [3.63, 3.8) is 0 Å². The van der Waals surface area contributed by atoms with E-state index in [2.05, 4.69) is 31.3 Å². The first-order chi connectivity index (χ1) is 10.2. The lowest BCUT2D eigenvalue weighted by molar-refractivity contribution is 0.410. The molecule has 0 spiro atoms. The van der Waals surface area contributed by atoms with Gasteiger partial charge in [0.2, 0.25) is 5.95 Å². The Bertz CT molecular complexity index is 790. The fraction of sp³-hybridized carbons (Fsp3) is 0.143. The van der Waals surface area contributed by atoms with Crippen molar-refractivity contribution >= 4 is 39.1 Å². The maximum atomic E-state index is 6.20. The summed E-state index contributed by atoms with van der Waals surface area (Å²) in [6, 6.07) is 9.36. The Balaban J connectivity index is 1.83. The van der Waals surface area contributed by atoms with Crippen LogP contribution >= 0.6 is 27.5 Å². The Hall–Kier alpha value is -1.79. The van der Waals surface area contributed by atoms with E-state index in [4.69, 9.17) is 16.3 Å². The quantitative estimate of drug-likeness (QED) is 0.763. The van der Waals surface area contributed by atoms with Gasteiger partial charge in [-0.2, -0.15) is 4.98 Å². The smallest absolute Gasteiger partial charge is 0.243 e. The summed E-state index contributed by atoms with van der Waals surface area (Å²) in [5.41, 5.74) is 1.65. The van der Waals surface area contributed by atoms with Gasteiger partial charge >= 0.3 is 0 Å². The lowest BCUT2D eigenvalue weighted by atomic mass is 10.2. The number of anilines is 1. The number of fused-ring (bicyclic) bond motifs is 1. The number of rotatable bonds is 4. The number of halogens is 2. The van der Waals surface area contributed by atoms with Crippen molar-refractivity contribution in [3.8, 4) is 5.75 Å². The highest BCUT2D eigenvalue weighted by molar-refractivity contribution is 9.10. The van der Waals surface area contributed by atoms with E-state index in [1.54, 1.807) is 11.6 Å². The molecule has 3 rings (SSSR count). The molecule has 7 heteroatoms. The topological polar surface area (TPSA) is 51.5 Å². The van der Waals surface area contributed by atoms with Crippen LogP contribution in [0.5, 0.6) is 5.75 Å². The maximum absolute atomic E-state index is 6.20. The number of methoxy groups -OCH3 is 1. The van der Waals surface area contributed by atoms with Crippen LogP contribution in [0.1, 0.15) is 5.56 Å². The second-order valence-corrected chi connectivity index (χ2v) is 5.68. The van der Waals surface area contributed by atoms with Gasteiger partial charge < -0.3 is 10.1 Å². The van der Waals surface area contributed by atoms with Crippen molar-refractivity contribution < 1.29 is 4.74 Å². The van der Waals surface area contributed by atoms with Crippen LogP contribution in [-0.2, 0) is 6.54 Å². The predicted molar refractivity (Wildman–Crippen MR) is 86.0 cm³/mol. The van der Waals surface area contributed by atoms with Crippen molar-refractivity contribution in [3.05, 3.63) is 51.6 Å². The first-order valence-corrected chi connectivity index (χ1v) is 7.41. The van der Waals surface area contributed by atoms with Crippen LogP contribution in [0, 0.1) is 0 Å². The van der Waals surface area contributed by atoms with E-state index in [-0.39, 0.29) is 0 Å². The fourth-order valence-electron chi connectivity index (χ4n) is 2.00. The number of nitrogens with zero attached hydrogens (tertiary/aromatic N) is 3. The van der Waals surface area contributed by atoms with E-state index in [0.717, 1.165) is 21.4 Å². The zero-order valence-electron chi connectivity index (χ0n) is 11.2. The normalized spacial score (nSPS) is 10.8. The van der Waals surface area contributed by atoms with Gasteiger partial charge in [-0.3, -0.25) is 0 Å². The first kappa shape index (κ1) is 14.2. The number of pyridine rings is 1. The average Bonchev–Trinajstić information content (AvgIpc) is 2.87. The Labute approximate surface area is 135 Å². The summed E-state index contributed by atoms with van der Waals surface area (Å²) < 4.78 is 7.96. The van der Waals surface area contributed by atoms with E-state index in [1.165, 1.54) is 0 Å². The van der Waals surface area contributed by atoms with Crippen LogP contribution in [0.4, 0.5) is 5.95 Å². The van der Waals surface area contributed by atoms with Crippen molar-refractivity contribution in [1.29, 1.82) is 0 Å². The number of aromatic nitrogens is 3. The maximum Gasteiger partial charge on any atom is 0.243 e. The van der Waals surface area contributed by atoms with Crippen molar-refractivity contribution in [1.82, 2.24) is 14.6 Å². The molecule has 2 heterocycles. The lowest BCUT2D eigenvalue weighted by Gasteiger charge is -2.10. The molecule has 5 nitrogen and oxygen atoms in total. The van der Waals surface area contributed by atoms with Crippen LogP contribution in [-0.4, -0.2) is 21.7 Å². The SMILES string of the molecule is COc1cccc(Cl)c1CNc1nc2ccc(Br)cn2n1. The molecule has 0 fully saturated rings. The van der Waals surface area contributed by atoms with E-state index < -0.39 is 0 Å². The standard InChI is InChI=1S/C14H12BrClN4O/c1-21-12-4-2-3-11(16)10(12)7-17-14-18-13-6-5-9(15)8-20(13)19-14/h2-6,8H,7H2,1H3,(H,17,19). The van der Waals surface area contributed by atoms with Crippen molar-refractivity contribution in [2.24, 2.45) is 0 Å². The molecule has 0 radical (unpaired) electrons. The van der Waals surface area contributed by atoms with Gasteiger partial charge in [-0.25, -0.2) is 4.52 Å². The summed E-state index contributed by atoms with van der Waals surface area (Å²) in [7, 11) is 1.62. The summed E-state index contributed by atoms with van der Waals surface area (Å²) >= 11 is 9.60. The minimum absolute atomic E-state index is 0.487.